The number of rotatable bonds is 6. The molecule has 0 fully saturated rings. The summed E-state index contributed by atoms with van der Waals surface area (Å²) in [4.78, 5) is 20.5. The third-order valence-electron chi connectivity index (χ3n) is 3.20. The van der Waals surface area contributed by atoms with Crippen molar-refractivity contribution < 1.29 is 36.9 Å². The number of aliphatic carboxylic acids is 2. The molecule has 0 aromatic heterocycles. The largest absolute Gasteiger partial charge is 2.00 e. The molecule has 6 nitrogen and oxygen atoms in total. The number of carbonyl (C=O) groups excluding carboxylic acids is 2. The maximum atomic E-state index is 10.3. The molecule has 7 heteroatoms. The molecule has 137 valence electrons. The predicted molar refractivity (Wildman–Crippen MR) is 86.3 cm³/mol. The van der Waals surface area contributed by atoms with Crippen molar-refractivity contribution in [1.29, 1.82) is 0 Å². The molecule has 0 aliphatic carbocycles. The van der Waals surface area contributed by atoms with E-state index in [9.17, 15) is 19.8 Å². The summed E-state index contributed by atoms with van der Waals surface area (Å²) in [6.45, 7) is 0. The molecule has 25 heavy (non-hydrogen) atoms. The maximum absolute atomic E-state index is 10.3. The van der Waals surface area contributed by atoms with Gasteiger partial charge < -0.3 is 31.3 Å². The molecular formula is C18H20CuN2O4. The third kappa shape index (κ3) is 9.64. The van der Waals surface area contributed by atoms with Crippen LogP contribution < -0.4 is 21.7 Å². The summed E-state index contributed by atoms with van der Waals surface area (Å²) in [6, 6.07) is 16.6. The van der Waals surface area contributed by atoms with Crippen LogP contribution in [0.2, 0.25) is 0 Å². The predicted octanol–water partition coefficient (Wildman–Crippen LogP) is -1.39. The van der Waals surface area contributed by atoms with Gasteiger partial charge in [-0.1, -0.05) is 60.7 Å². The Labute approximate surface area is 157 Å². The second kappa shape index (κ2) is 12.2. The standard InChI is InChI=1S/2C9H11NO2.Cu/c2*10-8(9(11)12)6-7-4-2-1-3-5-7;/h2*1-5,8H,6,10H2,(H,11,12);/q;;+2/p-2/t2*8-;/m00./s1. The molecular weight excluding hydrogens is 372 g/mol. The van der Waals surface area contributed by atoms with Crippen LogP contribution in [-0.4, -0.2) is 24.0 Å². The minimum Gasteiger partial charge on any atom is -0.548 e. The molecule has 0 bridgehead atoms. The van der Waals surface area contributed by atoms with E-state index in [0.29, 0.717) is 12.8 Å². The smallest absolute Gasteiger partial charge is 0.548 e. The van der Waals surface area contributed by atoms with Crippen LogP contribution >= 0.6 is 0 Å². The summed E-state index contributed by atoms with van der Waals surface area (Å²) in [7, 11) is 0. The van der Waals surface area contributed by atoms with Crippen molar-refractivity contribution in [3.05, 3.63) is 71.8 Å². The molecule has 0 aliphatic rings. The van der Waals surface area contributed by atoms with Crippen molar-refractivity contribution in [3.8, 4) is 0 Å². The summed E-state index contributed by atoms with van der Waals surface area (Å²) in [5.74, 6) is -2.42. The van der Waals surface area contributed by atoms with Gasteiger partial charge in [0.05, 0.1) is 11.9 Å². The minimum absolute atomic E-state index is 0. The number of hydrogen-bond donors (Lipinski definition) is 2. The van der Waals surface area contributed by atoms with Gasteiger partial charge in [0.25, 0.3) is 0 Å². The fraction of sp³-hybridized carbons (Fsp3) is 0.222. The van der Waals surface area contributed by atoms with E-state index in [1.165, 1.54) is 0 Å². The normalized spacial score (nSPS) is 11.9. The van der Waals surface area contributed by atoms with E-state index in [1.54, 1.807) is 0 Å². The zero-order chi connectivity index (χ0) is 17.9. The molecule has 4 N–H and O–H groups in total. The van der Waals surface area contributed by atoms with Crippen molar-refractivity contribution in [2.45, 2.75) is 24.9 Å². The van der Waals surface area contributed by atoms with Crippen molar-refractivity contribution in [3.63, 3.8) is 0 Å². The minimum atomic E-state index is -1.21. The van der Waals surface area contributed by atoms with Gasteiger partial charge in [-0.2, -0.15) is 0 Å². The van der Waals surface area contributed by atoms with E-state index in [4.69, 9.17) is 11.5 Å². The molecule has 2 aromatic rings. The van der Waals surface area contributed by atoms with Gasteiger partial charge in [0, 0.05) is 12.1 Å². The van der Waals surface area contributed by atoms with Gasteiger partial charge >= 0.3 is 17.1 Å². The van der Waals surface area contributed by atoms with E-state index in [0.717, 1.165) is 11.1 Å². The van der Waals surface area contributed by atoms with Crippen LogP contribution in [-0.2, 0) is 39.5 Å². The van der Waals surface area contributed by atoms with Gasteiger partial charge in [-0.15, -0.1) is 0 Å². The van der Waals surface area contributed by atoms with E-state index in [2.05, 4.69) is 0 Å². The second-order valence-electron chi connectivity index (χ2n) is 5.23. The molecule has 2 rings (SSSR count). The van der Waals surface area contributed by atoms with Crippen molar-refractivity contribution in [2.24, 2.45) is 11.5 Å². The van der Waals surface area contributed by atoms with Crippen molar-refractivity contribution in [1.82, 2.24) is 0 Å². The van der Waals surface area contributed by atoms with Gasteiger partial charge in [-0.05, 0) is 24.0 Å². The topological polar surface area (TPSA) is 132 Å². The molecule has 0 heterocycles. The van der Waals surface area contributed by atoms with E-state index in [1.807, 2.05) is 60.7 Å². The van der Waals surface area contributed by atoms with Gasteiger partial charge in [-0.25, -0.2) is 0 Å². The quantitative estimate of drug-likeness (QED) is 0.582. The van der Waals surface area contributed by atoms with E-state index < -0.39 is 24.0 Å². The third-order valence-corrected chi connectivity index (χ3v) is 3.20. The van der Waals surface area contributed by atoms with Crippen molar-refractivity contribution in [2.75, 3.05) is 0 Å². The number of carbonyl (C=O) groups is 2. The van der Waals surface area contributed by atoms with Gasteiger partial charge in [0.2, 0.25) is 0 Å². The zero-order valence-electron chi connectivity index (χ0n) is 13.4. The number of hydrogen-bond acceptors (Lipinski definition) is 6. The maximum Gasteiger partial charge on any atom is 2.00 e. The van der Waals surface area contributed by atoms with Crippen LogP contribution in [0.4, 0.5) is 0 Å². The Bertz CT molecular complexity index is 581. The monoisotopic (exact) mass is 391 g/mol. The Kier molecular flexibility index (Phi) is 11.2. The summed E-state index contributed by atoms with van der Waals surface area (Å²) < 4.78 is 0. The van der Waals surface area contributed by atoms with Crippen LogP contribution in [0.25, 0.3) is 0 Å². The molecule has 2 atom stereocenters. The molecule has 2 aromatic carbocycles. The molecule has 0 aliphatic heterocycles. The van der Waals surface area contributed by atoms with Crippen LogP contribution in [0.1, 0.15) is 11.1 Å². The van der Waals surface area contributed by atoms with Crippen LogP contribution in [0.5, 0.6) is 0 Å². The van der Waals surface area contributed by atoms with E-state index >= 15 is 0 Å². The molecule has 0 amide bonds. The van der Waals surface area contributed by atoms with Crippen LogP contribution in [0.15, 0.2) is 60.7 Å². The summed E-state index contributed by atoms with van der Waals surface area (Å²) in [6.07, 6.45) is 0.645. The number of nitrogens with two attached hydrogens (primary N) is 2. The Hall–Kier alpha value is -2.18. The fourth-order valence-electron chi connectivity index (χ4n) is 1.90. The second-order valence-corrected chi connectivity index (χ2v) is 5.23. The molecule has 0 unspecified atom stereocenters. The van der Waals surface area contributed by atoms with Gasteiger partial charge in [-0.3, -0.25) is 0 Å². The first-order chi connectivity index (χ1) is 11.4. The Morgan fingerprint density at radius 1 is 0.720 bits per heavy atom. The summed E-state index contributed by atoms with van der Waals surface area (Å²) in [5.41, 5.74) is 12.4. The average Bonchev–Trinajstić information content (AvgIpc) is 2.57. The molecule has 0 saturated heterocycles. The first-order valence-electron chi connectivity index (χ1n) is 7.41. The SMILES string of the molecule is N[C@@H](Cc1ccccc1)C(=O)[O-].N[C@@H](Cc1ccccc1)C(=O)[O-].[Cu+2]. The van der Waals surface area contributed by atoms with Crippen LogP contribution in [0, 0.1) is 0 Å². The van der Waals surface area contributed by atoms with E-state index in [-0.39, 0.29) is 17.1 Å². The summed E-state index contributed by atoms with van der Waals surface area (Å²) >= 11 is 0. The average molecular weight is 392 g/mol. The van der Waals surface area contributed by atoms with Crippen molar-refractivity contribution >= 4 is 11.9 Å². The first kappa shape index (κ1) is 22.8. The Morgan fingerprint density at radius 2 is 1.00 bits per heavy atom. The Balaban J connectivity index is 0.000000443. The van der Waals surface area contributed by atoms with Crippen LogP contribution in [0.3, 0.4) is 0 Å². The number of carboxylic acid groups (broad SMARTS) is 2. The first-order valence-corrected chi connectivity index (χ1v) is 7.41. The zero-order valence-corrected chi connectivity index (χ0v) is 14.4. The summed E-state index contributed by atoms with van der Waals surface area (Å²) in [5, 5.41) is 20.5. The Morgan fingerprint density at radius 3 is 1.24 bits per heavy atom. The van der Waals surface area contributed by atoms with Gasteiger partial charge in [0.15, 0.2) is 0 Å². The molecule has 0 saturated carbocycles. The number of carboxylic acids is 2. The van der Waals surface area contributed by atoms with Gasteiger partial charge in [0.1, 0.15) is 0 Å². The fourth-order valence-corrected chi connectivity index (χ4v) is 1.90. The number of benzene rings is 2. The molecule has 0 spiro atoms. The molecule has 1 radical (unpaired) electrons.